The Balaban J connectivity index is 1.29. The molecule has 170 valence electrons. The van der Waals surface area contributed by atoms with Crippen LogP contribution in [-0.2, 0) is 29.9 Å². The number of halogens is 1. The number of thiophene rings is 1. The van der Waals surface area contributed by atoms with Gasteiger partial charge in [-0.1, -0.05) is 23.4 Å². The third-order valence-electron chi connectivity index (χ3n) is 6.19. The van der Waals surface area contributed by atoms with Crippen molar-refractivity contribution in [2.45, 2.75) is 55.7 Å². The van der Waals surface area contributed by atoms with Crippen molar-refractivity contribution in [1.29, 1.82) is 0 Å². The number of nitrogens with zero attached hydrogens (tertiary/aromatic N) is 4. The normalized spacial score (nSPS) is 17.8. The highest BCUT2D eigenvalue weighted by Crippen LogP contribution is 2.35. The average Bonchev–Trinajstić information content (AvgIpc) is 3.58. The summed E-state index contributed by atoms with van der Waals surface area (Å²) in [5.41, 5.74) is 2.13. The molecule has 1 fully saturated rings. The third kappa shape index (κ3) is 4.12. The van der Waals surface area contributed by atoms with Gasteiger partial charge in [-0.2, -0.15) is 0 Å². The van der Waals surface area contributed by atoms with Crippen molar-refractivity contribution >= 4 is 44.9 Å². The molecule has 0 radical (unpaired) electrons. The van der Waals surface area contributed by atoms with Gasteiger partial charge in [-0.3, -0.25) is 9.36 Å². The quantitative estimate of drug-likeness (QED) is 0.381. The lowest BCUT2D eigenvalue weighted by molar-refractivity contribution is 0.0953. The first-order valence-electron chi connectivity index (χ1n) is 11.1. The van der Waals surface area contributed by atoms with Crippen LogP contribution in [0.1, 0.15) is 35.5 Å². The molecule has 2 aliphatic rings. The molecule has 1 aliphatic carbocycles. The van der Waals surface area contributed by atoms with Gasteiger partial charge in [0, 0.05) is 22.1 Å². The van der Waals surface area contributed by atoms with E-state index >= 15 is 0 Å². The monoisotopic (exact) mass is 499 g/mol. The first-order valence-corrected chi connectivity index (χ1v) is 13.3. The summed E-state index contributed by atoms with van der Waals surface area (Å²) < 4.78 is 7.99. The minimum Gasteiger partial charge on any atom is -0.376 e. The van der Waals surface area contributed by atoms with Crippen LogP contribution in [0.5, 0.6) is 0 Å². The highest BCUT2D eigenvalue weighted by atomic mass is 35.5. The lowest BCUT2D eigenvalue weighted by Crippen LogP contribution is -2.17. The molecule has 0 amide bonds. The summed E-state index contributed by atoms with van der Waals surface area (Å²) in [4.78, 5) is 22.7. The Kier molecular flexibility index (Phi) is 5.73. The molecule has 1 atom stereocenters. The molecule has 0 spiro atoms. The number of hydrogen-bond acceptors (Lipinski definition) is 7. The number of ether oxygens (including phenoxy) is 1. The summed E-state index contributed by atoms with van der Waals surface area (Å²) in [5, 5.41) is 11.2. The molecule has 7 nitrogen and oxygen atoms in total. The molecule has 10 heteroatoms. The number of aromatic amines is 1. The lowest BCUT2D eigenvalue weighted by atomic mass is 10.2. The van der Waals surface area contributed by atoms with Gasteiger partial charge in [0.15, 0.2) is 11.0 Å². The maximum Gasteiger partial charge on any atom is 0.259 e. The molecule has 1 unspecified atom stereocenters. The smallest absolute Gasteiger partial charge is 0.259 e. The summed E-state index contributed by atoms with van der Waals surface area (Å²) in [7, 11) is 0. The van der Waals surface area contributed by atoms with E-state index in [-0.39, 0.29) is 11.7 Å². The van der Waals surface area contributed by atoms with Crippen molar-refractivity contribution in [3.8, 4) is 11.4 Å². The Morgan fingerprint density at radius 2 is 2.09 bits per heavy atom. The first-order chi connectivity index (χ1) is 16.2. The fourth-order valence-corrected chi connectivity index (χ4v) is 6.84. The zero-order valence-electron chi connectivity index (χ0n) is 17.8. The number of nitrogens with one attached hydrogen (secondary N) is 1. The van der Waals surface area contributed by atoms with Crippen molar-refractivity contribution in [2.24, 2.45) is 0 Å². The predicted octanol–water partition coefficient (Wildman–Crippen LogP) is 4.86. The van der Waals surface area contributed by atoms with Gasteiger partial charge in [0.2, 0.25) is 0 Å². The van der Waals surface area contributed by atoms with Crippen LogP contribution in [-0.4, -0.2) is 37.4 Å². The second kappa shape index (κ2) is 8.87. The number of benzene rings is 1. The van der Waals surface area contributed by atoms with Crippen molar-refractivity contribution in [1.82, 2.24) is 24.7 Å². The van der Waals surface area contributed by atoms with Crippen LogP contribution in [0.3, 0.4) is 0 Å². The Morgan fingerprint density at radius 1 is 1.21 bits per heavy atom. The maximum atomic E-state index is 12.8. The van der Waals surface area contributed by atoms with E-state index in [4.69, 9.17) is 21.3 Å². The number of hydrogen-bond donors (Lipinski definition) is 1. The van der Waals surface area contributed by atoms with E-state index in [1.54, 1.807) is 11.3 Å². The second-order valence-corrected chi connectivity index (χ2v) is 10.9. The van der Waals surface area contributed by atoms with Gasteiger partial charge in [-0.25, -0.2) is 4.98 Å². The van der Waals surface area contributed by atoms with E-state index in [9.17, 15) is 4.79 Å². The summed E-state index contributed by atoms with van der Waals surface area (Å²) >= 11 is 9.27. The van der Waals surface area contributed by atoms with Crippen LogP contribution in [0.15, 0.2) is 34.2 Å². The fraction of sp³-hybridized carbons (Fsp3) is 0.391. The highest BCUT2D eigenvalue weighted by Gasteiger charge is 2.23. The SMILES string of the molecule is O=c1[nH]c(CSc2nnc(-c3ccc(Cl)cc3)n2CC2CCCO2)nc2sc3c(c12)CCC3. The summed E-state index contributed by atoms with van der Waals surface area (Å²) in [5.74, 6) is 1.96. The van der Waals surface area contributed by atoms with Crippen LogP contribution in [0.2, 0.25) is 5.02 Å². The molecule has 33 heavy (non-hydrogen) atoms. The van der Waals surface area contributed by atoms with Crippen LogP contribution in [0, 0.1) is 0 Å². The van der Waals surface area contributed by atoms with Crippen LogP contribution in [0.4, 0.5) is 0 Å². The van der Waals surface area contributed by atoms with Gasteiger partial charge < -0.3 is 9.72 Å². The summed E-state index contributed by atoms with van der Waals surface area (Å²) in [6.07, 6.45) is 5.41. The lowest BCUT2D eigenvalue weighted by Gasteiger charge is -2.14. The molecule has 6 rings (SSSR count). The topological polar surface area (TPSA) is 85.7 Å². The first kappa shape index (κ1) is 21.3. The average molecular weight is 500 g/mol. The summed E-state index contributed by atoms with van der Waals surface area (Å²) in [6.45, 7) is 1.48. The molecule has 0 bridgehead atoms. The van der Waals surface area contributed by atoms with Gasteiger partial charge >= 0.3 is 0 Å². The molecule has 1 saturated heterocycles. The van der Waals surface area contributed by atoms with Crippen LogP contribution in [0.25, 0.3) is 21.6 Å². The zero-order chi connectivity index (χ0) is 22.4. The molecule has 0 saturated carbocycles. The van der Waals surface area contributed by atoms with Crippen molar-refractivity contribution in [2.75, 3.05) is 6.61 Å². The van der Waals surface area contributed by atoms with Crippen LogP contribution < -0.4 is 5.56 Å². The number of fused-ring (bicyclic) bond motifs is 3. The molecule has 4 aromatic rings. The fourth-order valence-electron chi connectivity index (χ4n) is 4.61. The largest absolute Gasteiger partial charge is 0.376 e. The molecule has 1 aliphatic heterocycles. The number of aryl methyl sites for hydroxylation is 2. The minimum absolute atomic E-state index is 0.0299. The van der Waals surface area contributed by atoms with Gasteiger partial charge in [0.05, 0.1) is 23.8 Å². The molecule has 3 aromatic heterocycles. The molecular formula is C23H22ClN5O2S2. The van der Waals surface area contributed by atoms with E-state index in [0.29, 0.717) is 23.1 Å². The van der Waals surface area contributed by atoms with Gasteiger partial charge in [-0.05, 0) is 61.9 Å². The van der Waals surface area contributed by atoms with Crippen molar-refractivity contribution in [3.63, 3.8) is 0 Å². The number of aromatic nitrogens is 5. The zero-order valence-corrected chi connectivity index (χ0v) is 20.2. The van der Waals surface area contributed by atoms with Gasteiger partial charge in [0.25, 0.3) is 5.56 Å². The Hall–Kier alpha value is -2.20. The Morgan fingerprint density at radius 3 is 2.91 bits per heavy atom. The van der Waals surface area contributed by atoms with Crippen molar-refractivity contribution < 1.29 is 4.74 Å². The van der Waals surface area contributed by atoms with Crippen molar-refractivity contribution in [3.05, 3.63) is 55.9 Å². The van der Waals surface area contributed by atoms with E-state index < -0.39 is 0 Å². The van der Waals surface area contributed by atoms with E-state index in [1.165, 1.54) is 22.2 Å². The van der Waals surface area contributed by atoms with E-state index in [2.05, 4.69) is 19.7 Å². The number of rotatable bonds is 6. The van der Waals surface area contributed by atoms with Gasteiger partial charge in [0.1, 0.15) is 10.7 Å². The second-order valence-electron chi connectivity index (χ2n) is 8.40. The molecule has 1 aromatic carbocycles. The Labute approximate surface area is 203 Å². The predicted molar refractivity (Wildman–Crippen MR) is 131 cm³/mol. The number of thioether (sulfide) groups is 1. The summed E-state index contributed by atoms with van der Waals surface area (Å²) in [6, 6.07) is 7.62. The number of H-pyrrole nitrogens is 1. The van der Waals surface area contributed by atoms with Gasteiger partial charge in [-0.15, -0.1) is 21.5 Å². The Bertz CT molecular complexity index is 1370. The molecular weight excluding hydrogens is 478 g/mol. The van der Waals surface area contributed by atoms with Crippen LogP contribution >= 0.6 is 34.7 Å². The van der Waals surface area contributed by atoms with E-state index in [1.807, 2.05) is 24.3 Å². The standard InChI is InChI=1S/C23H22ClN5O2S2/c24-14-8-6-13(7-9-14)20-27-28-23(29(20)11-15-3-2-10-31-15)32-12-18-25-21(30)19-16-4-1-5-17(16)33-22(19)26-18/h6-9,15H,1-5,10-12H2,(H,25,26,30). The minimum atomic E-state index is -0.0299. The third-order valence-corrected chi connectivity index (χ3v) is 8.61. The van der Waals surface area contributed by atoms with E-state index in [0.717, 1.165) is 65.5 Å². The molecule has 1 N–H and O–H groups in total. The highest BCUT2D eigenvalue weighted by molar-refractivity contribution is 7.98. The molecule has 4 heterocycles. The maximum absolute atomic E-state index is 12.8.